The lowest BCUT2D eigenvalue weighted by molar-refractivity contribution is -0.135. The number of piperidine rings is 1. The molecule has 2 aliphatic rings. The van der Waals surface area contributed by atoms with Crippen LogP contribution in [0, 0.1) is 0 Å². The Morgan fingerprint density at radius 2 is 1.68 bits per heavy atom. The van der Waals surface area contributed by atoms with E-state index in [1.165, 1.54) is 19.3 Å². The summed E-state index contributed by atoms with van der Waals surface area (Å²) in [5.41, 5.74) is 0. The molecule has 0 unspecified atom stereocenters. The molecule has 4 nitrogen and oxygen atoms in total. The third-order valence-corrected chi connectivity index (χ3v) is 4.45. The number of carbonyl (C=O) groups excluding carboxylic acids is 2. The van der Waals surface area contributed by atoms with E-state index in [4.69, 9.17) is 0 Å². The maximum absolute atomic E-state index is 12.1. The second kappa shape index (κ2) is 6.92. The van der Waals surface area contributed by atoms with Gasteiger partial charge in [-0.15, -0.1) is 0 Å². The van der Waals surface area contributed by atoms with Crippen LogP contribution in [0.1, 0.15) is 58.3 Å². The van der Waals surface area contributed by atoms with Crippen molar-refractivity contribution in [3.8, 4) is 0 Å². The summed E-state index contributed by atoms with van der Waals surface area (Å²) in [5, 5.41) is 0. The van der Waals surface area contributed by atoms with E-state index < -0.39 is 0 Å². The van der Waals surface area contributed by atoms with Gasteiger partial charge in [0.25, 0.3) is 0 Å². The molecular formula is C15H26N2O2. The second-order valence-corrected chi connectivity index (χ2v) is 5.84. The van der Waals surface area contributed by atoms with Crippen LogP contribution in [0.4, 0.5) is 0 Å². The van der Waals surface area contributed by atoms with Gasteiger partial charge in [-0.1, -0.05) is 12.8 Å². The molecule has 108 valence electrons. The van der Waals surface area contributed by atoms with Crippen molar-refractivity contribution in [2.75, 3.05) is 19.6 Å². The molecule has 0 radical (unpaired) electrons. The van der Waals surface area contributed by atoms with Crippen molar-refractivity contribution in [2.24, 2.45) is 0 Å². The van der Waals surface area contributed by atoms with E-state index in [0.29, 0.717) is 19.0 Å². The minimum atomic E-state index is 0.123. The molecule has 0 spiro atoms. The molecule has 0 N–H and O–H groups in total. The number of likely N-dealkylation sites (tertiary alicyclic amines) is 1. The number of nitrogens with zero attached hydrogens (tertiary/aromatic N) is 2. The van der Waals surface area contributed by atoms with Gasteiger partial charge in [0.1, 0.15) is 0 Å². The first-order valence-electron chi connectivity index (χ1n) is 7.73. The highest BCUT2D eigenvalue weighted by Gasteiger charge is 2.25. The van der Waals surface area contributed by atoms with Gasteiger partial charge in [-0.05, 0) is 32.1 Å². The van der Waals surface area contributed by atoms with Crippen LogP contribution in [-0.4, -0.2) is 47.3 Å². The Morgan fingerprint density at radius 1 is 1.05 bits per heavy atom. The summed E-state index contributed by atoms with van der Waals surface area (Å²) in [6, 6.07) is 0.381. The third-order valence-electron chi connectivity index (χ3n) is 4.45. The molecule has 1 heterocycles. The van der Waals surface area contributed by atoms with Gasteiger partial charge in [0.05, 0.1) is 0 Å². The summed E-state index contributed by atoms with van der Waals surface area (Å²) in [4.78, 5) is 27.7. The lowest BCUT2D eigenvalue weighted by Crippen LogP contribution is -2.42. The quantitative estimate of drug-likeness (QED) is 0.782. The molecule has 2 amide bonds. The molecule has 4 heteroatoms. The number of hydrogen-bond donors (Lipinski definition) is 0. The number of hydrogen-bond acceptors (Lipinski definition) is 2. The number of carbonyl (C=O) groups is 2. The Balaban J connectivity index is 1.80. The molecule has 1 saturated carbocycles. The van der Waals surface area contributed by atoms with E-state index >= 15 is 0 Å². The van der Waals surface area contributed by atoms with Crippen LogP contribution in [-0.2, 0) is 9.59 Å². The largest absolute Gasteiger partial charge is 0.343 e. The summed E-state index contributed by atoms with van der Waals surface area (Å²) in [7, 11) is 0. The van der Waals surface area contributed by atoms with E-state index in [2.05, 4.69) is 0 Å². The van der Waals surface area contributed by atoms with Crippen LogP contribution in [0.25, 0.3) is 0 Å². The van der Waals surface area contributed by atoms with Crippen molar-refractivity contribution in [1.29, 1.82) is 0 Å². The summed E-state index contributed by atoms with van der Waals surface area (Å²) < 4.78 is 0. The highest BCUT2D eigenvalue weighted by molar-refractivity contribution is 5.78. The van der Waals surface area contributed by atoms with Crippen LogP contribution in [0.5, 0.6) is 0 Å². The zero-order chi connectivity index (χ0) is 13.7. The molecule has 0 aromatic rings. The van der Waals surface area contributed by atoms with Gasteiger partial charge in [-0.3, -0.25) is 9.59 Å². The molecule has 0 bridgehead atoms. The van der Waals surface area contributed by atoms with Gasteiger partial charge < -0.3 is 9.80 Å². The normalized spacial score (nSPS) is 20.6. The zero-order valence-corrected chi connectivity index (χ0v) is 12.1. The molecular weight excluding hydrogens is 240 g/mol. The maximum atomic E-state index is 12.1. The molecule has 0 aromatic heterocycles. The fourth-order valence-corrected chi connectivity index (χ4v) is 3.33. The first-order chi connectivity index (χ1) is 9.18. The standard InChI is InChI=1S/C15H26N2O2/c1-13(18)17(14-7-3-4-8-14)12-9-15(19)16-10-5-2-6-11-16/h14H,2-12H2,1H3. The monoisotopic (exact) mass is 266 g/mol. The van der Waals surface area contributed by atoms with Crippen LogP contribution in [0.3, 0.4) is 0 Å². The van der Waals surface area contributed by atoms with Gasteiger partial charge >= 0.3 is 0 Å². The highest BCUT2D eigenvalue weighted by Crippen LogP contribution is 2.24. The molecule has 1 aliphatic carbocycles. The Morgan fingerprint density at radius 3 is 2.26 bits per heavy atom. The second-order valence-electron chi connectivity index (χ2n) is 5.84. The van der Waals surface area contributed by atoms with Crippen LogP contribution in [0.15, 0.2) is 0 Å². The third kappa shape index (κ3) is 3.95. The molecule has 2 rings (SSSR count). The van der Waals surface area contributed by atoms with E-state index in [1.807, 2.05) is 9.80 Å². The van der Waals surface area contributed by atoms with E-state index in [1.54, 1.807) is 6.92 Å². The Kier molecular flexibility index (Phi) is 5.23. The van der Waals surface area contributed by atoms with Crippen molar-refractivity contribution in [3.63, 3.8) is 0 Å². The summed E-state index contributed by atoms with van der Waals surface area (Å²) in [5.74, 6) is 0.349. The molecule has 0 atom stereocenters. The van der Waals surface area contributed by atoms with Gasteiger partial charge in [-0.2, -0.15) is 0 Å². The fourth-order valence-electron chi connectivity index (χ4n) is 3.33. The van der Waals surface area contributed by atoms with Gasteiger partial charge in [0, 0.05) is 39.0 Å². The van der Waals surface area contributed by atoms with Crippen LogP contribution in [0.2, 0.25) is 0 Å². The molecule has 2 fully saturated rings. The first kappa shape index (κ1) is 14.4. The van der Waals surface area contributed by atoms with Crippen molar-refractivity contribution in [3.05, 3.63) is 0 Å². The average Bonchev–Trinajstić information content (AvgIpc) is 2.93. The van der Waals surface area contributed by atoms with E-state index in [-0.39, 0.29) is 11.8 Å². The Labute approximate surface area is 116 Å². The summed E-state index contributed by atoms with van der Waals surface area (Å²) >= 11 is 0. The van der Waals surface area contributed by atoms with Crippen molar-refractivity contribution < 1.29 is 9.59 Å². The predicted molar refractivity (Wildman–Crippen MR) is 74.7 cm³/mol. The summed E-state index contributed by atoms with van der Waals surface area (Å²) in [6.07, 6.45) is 8.65. The topological polar surface area (TPSA) is 40.6 Å². The van der Waals surface area contributed by atoms with Crippen LogP contribution >= 0.6 is 0 Å². The fraction of sp³-hybridized carbons (Fsp3) is 0.867. The Hall–Kier alpha value is -1.06. The van der Waals surface area contributed by atoms with E-state index in [9.17, 15) is 9.59 Å². The van der Waals surface area contributed by atoms with Gasteiger partial charge in [0.2, 0.25) is 11.8 Å². The molecule has 1 saturated heterocycles. The molecule has 19 heavy (non-hydrogen) atoms. The van der Waals surface area contributed by atoms with Crippen molar-refractivity contribution >= 4 is 11.8 Å². The highest BCUT2D eigenvalue weighted by atomic mass is 16.2. The SMILES string of the molecule is CC(=O)N(CCC(=O)N1CCCCC1)C1CCCC1. The molecule has 0 aromatic carbocycles. The lowest BCUT2D eigenvalue weighted by Gasteiger charge is -2.30. The van der Waals surface area contributed by atoms with Gasteiger partial charge in [-0.25, -0.2) is 0 Å². The van der Waals surface area contributed by atoms with Crippen molar-refractivity contribution in [1.82, 2.24) is 9.80 Å². The zero-order valence-electron chi connectivity index (χ0n) is 12.1. The average molecular weight is 266 g/mol. The first-order valence-corrected chi connectivity index (χ1v) is 7.73. The number of rotatable bonds is 4. The van der Waals surface area contributed by atoms with Gasteiger partial charge in [0.15, 0.2) is 0 Å². The number of amides is 2. The molecule has 1 aliphatic heterocycles. The summed E-state index contributed by atoms with van der Waals surface area (Å²) in [6.45, 7) is 4.05. The minimum absolute atomic E-state index is 0.123. The Bertz CT molecular complexity index is 318. The van der Waals surface area contributed by atoms with E-state index in [0.717, 1.165) is 38.8 Å². The minimum Gasteiger partial charge on any atom is -0.343 e. The maximum Gasteiger partial charge on any atom is 0.224 e. The van der Waals surface area contributed by atoms with Crippen LogP contribution < -0.4 is 0 Å². The van der Waals surface area contributed by atoms with Crippen molar-refractivity contribution in [2.45, 2.75) is 64.3 Å². The predicted octanol–water partition coefficient (Wildman–Crippen LogP) is 2.18. The smallest absolute Gasteiger partial charge is 0.224 e. The lowest BCUT2D eigenvalue weighted by atomic mass is 10.1.